The third-order valence-electron chi connectivity index (χ3n) is 3.64. The fraction of sp³-hybridized carbons (Fsp3) is 0.118. The average molecular weight is 346 g/mol. The van der Waals surface area contributed by atoms with E-state index in [1.165, 1.54) is 0 Å². The highest BCUT2D eigenvalue weighted by molar-refractivity contribution is 5.94. The molecular formula is C17H13F3N4O. The van der Waals surface area contributed by atoms with Crippen LogP contribution in [0, 0.1) is 17.5 Å². The highest BCUT2D eigenvalue weighted by Crippen LogP contribution is 2.18. The van der Waals surface area contributed by atoms with Crippen molar-refractivity contribution in [3.05, 3.63) is 71.4 Å². The van der Waals surface area contributed by atoms with Gasteiger partial charge in [-0.2, -0.15) is 5.10 Å². The molecule has 2 aromatic heterocycles. The second kappa shape index (κ2) is 6.76. The van der Waals surface area contributed by atoms with E-state index in [0.717, 1.165) is 11.6 Å². The van der Waals surface area contributed by atoms with E-state index in [4.69, 9.17) is 0 Å². The Morgan fingerprint density at radius 2 is 2.00 bits per heavy atom. The van der Waals surface area contributed by atoms with Gasteiger partial charge in [-0.05, 0) is 30.3 Å². The van der Waals surface area contributed by atoms with Crippen molar-refractivity contribution in [3.8, 4) is 11.3 Å². The summed E-state index contributed by atoms with van der Waals surface area (Å²) in [6.07, 6.45) is 3.30. The standard InChI is InChI=1S/C17H13F3N4O/c1-24-11(7-14(23-24)10-3-2-6-21-8-10)9-22-17(25)12-4-5-13(18)16(20)15(12)19/h2-8H,9H2,1H3,(H,22,25). The molecule has 0 fully saturated rings. The molecule has 0 aliphatic carbocycles. The number of nitrogens with zero attached hydrogens (tertiary/aromatic N) is 3. The molecule has 0 unspecified atom stereocenters. The average Bonchev–Trinajstić information content (AvgIpc) is 2.99. The van der Waals surface area contributed by atoms with Crippen LogP contribution in [0.1, 0.15) is 16.1 Å². The van der Waals surface area contributed by atoms with Gasteiger partial charge in [0.15, 0.2) is 17.5 Å². The fourth-order valence-corrected chi connectivity index (χ4v) is 2.29. The zero-order valence-corrected chi connectivity index (χ0v) is 13.1. The van der Waals surface area contributed by atoms with Gasteiger partial charge in [-0.1, -0.05) is 0 Å². The van der Waals surface area contributed by atoms with E-state index in [1.54, 1.807) is 36.3 Å². The number of rotatable bonds is 4. The van der Waals surface area contributed by atoms with Gasteiger partial charge in [0, 0.05) is 25.0 Å². The largest absolute Gasteiger partial charge is 0.346 e. The lowest BCUT2D eigenvalue weighted by Gasteiger charge is -2.07. The van der Waals surface area contributed by atoms with Crippen LogP contribution >= 0.6 is 0 Å². The molecule has 1 N–H and O–H groups in total. The minimum atomic E-state index is -1.67. The Balaban J connectivity index is 1.75. The van der Waals surface area contributed by atoms with Crippen molar-refractivity contribution in [1.29, 1.82) is 0 Å². The molecule has 1 aromatic carbocycles. The Morgan fingerprint density at radius 3 is 2.72 bits per heavy atom. The van der Waals surface area contributed by atoms with E-state index in [-0.39, 0.29) is 6.54 Å². The minimum absolute atomic E-state index is 0.0427. The van der Waals surface area contributed by atoms with Crippen LogP contribution in [0.3, 0.4) is 0 Å². The molecule has 25 heavy (non-hydrogen) atoms. The molecule has 8 heteroatoms. The Hall–Kier alpha value is -3.16. The van der Waals surface area contributed by atoms with Crippen LogP contribution in [0.15, 0.2) is 42.7 Å². The van der Waals surface area contributed by atoms with Crippen molar-refractivity contribution in [3.63, 3.8) is 0 Å². The van der Waals surface area contributed by atoms with Crippen molar-refractivity contribution in [2.45, 2.75) is 6.54 Å². The summed E-state index contributed by atoms with van der Waals surface area (Å²) in [6, 6.07) is 6.97. The smallest absolute Gasteiger partial charge is 0.254 e. The summed E-state index contributed by atoms with van der Waals surface area (Å²) in [6.45, 7) is 0.0427. The van der Waals surface area contributed by atoms with Crippen LogP contribution in [0.4, 0.5) is 13.2 Å². The maximum Gasteiger partial charge on any atom is 0.254 e. The molecule has 0 saturated heterocycles. The monoisotopic (exact) mass is 346 g/mol. The minimum Gasteiger partial charge on any atom is -0.346 e. The SMILES string of the molecule is Cn1nc(-c2cccnc2)cc1CNC(=O)c1ccc(F)c(F)c1F. The quantitative estimate of drug-likeness (QED) is 0.739. The number of nitrogens with one attached hydrogen (secondary N) is 1. The number of carbonyl (C=O) groups excluding carboxylic acids is 1. The van der Waals surface area contributed by atoms with Crippen molar-refractivity contribution in [1.82, 2.24) is 20.1 Å². The molecule has 1 amide bonds. The predicted octanol–water partition coefficient (Wildman–Crippen LogP) is 2.83. The summed E-state index contributed by atoms with van der Waals surface area (Å²) in [5.74, 6) is -5.38. The van der Waals surface area contributed by atoms with E-state index in [9.17, 15) is 18.0 Å². The maximum absolute atomic E-state index is 13.6. The number of carbonyl (C=O) groups is 1. The van der Waals surface area contributed by atoms with Crippen LogP contribution in [0.5, 0.6) is 0 Å². The van der Waals surface area contributed by atoms with E-state index in [1.807, 2.05) is 6.07 Å². The summed E-state index contributed by atoms with van der Waals surface area (Å²) in [5, 5.41) is 6.78. The van der Waals surface area contributed by atoms with Crippen LogP contribution < -0.4 is 5.32 Å². The topological polar surface area (TPSA) is 59.8 Å². The van der Waals surface area contributed by atoms with Crippen LogP contribution in [0.25, 0.3) is 11.3 Å². The van der Waals surface area contributed by atoms with Crippen molar-refractivity contribution >= 4 is 5.91 Å². The summed E-state index contributed by atoms with van der Waals surface area (Å²) in [4.78, 5) is 16.0. The normalized spacial score (nSPS) is 10.7. The number of pyridine rings is 1. The van der Waals surface area contributed by atoms with Crippen LogP contribution in [-0.2, 0) is 13.6 Å². The molecule has 0 spiro atoms. The number of aromatic nitrogens is 3. The molecule has 3 aromatic rings. The van der Waals surface area contributed by atoms with E-state index < -0.39 is 28.9 Å². The van der Waals surface area contributed by atoms with Gasteiger partial charge >= 0.3 is 0 Å². The molecule has 5 nitrogen and oxygen atoms in total. The van der Waals surface area contributed by atoms with Crippen molar-refractivity contribution in [2.24, 2.45) is 7.05 Å². The van der Waals surface area contributed by atoms with Crippen LogP contribution in [0.2, 0.25) is 0 Å². The second-order valence-corrected chi connectivity index (χ2v) is 5.29. The molecule has 0 atom stereocenters. The zero-order chi connectivity index (χ0) is 18.0. The predicted molar refractivity (Wildman–Crippen MR) is 83.9 cm³/mol. The zero-order valence-electron chi connectivity index (χ0n) is 13.1. The van der Waals surface area contributed by atoms with Crippen molar-refractivity contribution < 1.29 is 18.0 Å². The third-order valence-corrected chi connectivity index (χ3v) is 3.64. The Kier molecular flexibility index (Phi) is 4.51. The van der Waals surface area contributed by atoms with E-state index in [0.29, 0.717) is 17.5 Å². The summed E-state index contributed by atoms with van der Waals surface area (Å²) in [7, 11) is 1.69. The van der Waals surface area contributed by atoms with Gasteiger partial charge in [-0.15, -0.1) is 0 Å². The molecule has 0 saturated carbocycles. The molecule has 0 bridgehead atoms. The fourth-order valence-electron chi connectivity index (χ4n) is 2.29. The van der Waals surface area contributed by atoms with E-state index in [2.05, 4.69) is 15.4 Å². The highest BCUT2D eigenvalue weighted by Gasteiger charge is 2.19. The van der Waals surface area contributed by atoms with Gasteiger partial charge in [0.2, 0.25) is 0 Å². The van der Waals surface area contributed by atoms with Crippen molar-refractivity contribution in [2.75, 3.05) is 0 Å². The molecule has 0 radical (unpaired) electrons. The number of amides is 1. The lowest BCUT2D eigenvalue weighted by atomic mass is 10.1. The lowest BCUT2D eigenvalue weighted by molar-refractivity contribution is 0.0944. The van der Waals surface area contributed by atoms with Gasteiger partial charge < -0.3 is 5.32 Å². The van der Waals surface area contributed by atoms with Crippen LogP contribution in [-0.4, -0.2) is 20.7 Å². The number of hydrogen-bond donors (Lipinski definition) is 1. The second-order valence-electron chi connectivity index (χ2n) is 5.29. The Morgan fingerprint density at radius 1 is 1.20 bits per heavy atom. The highest BCUT2D eigenvalue weighted by atomic mass is 19.2. The molecule has 3 rings (SSSR count). The van der Waals surface area contributed by atoms with Gasteiger partial charge in [0.1, 0.15) is 0 Å². The van der Waals surface area contributed by atoms with E-state index >= 15 is 0 Å². The third kappa shape index (κ3) is 3.37. The first-order valence-corrected chi connectivity index (χ1v) is 7.32. The number of halogens is 3. The van der Waals surface area contributed by atoms with Gasteiger partial charge in [0.05, 0.1) is 23.5 Å². The lowest BCUT2D eigenvalue weighted by Crippen LogP contribution is -2.25. The summed E-state index contributed by atoms with van der Waals surface area (Å²) >= 11 is 0. The Labute approximate surface area is 141 Å². The Bertz CT molecular complexity index is 925. The number of aryl methyl sites for hydroxylation is 1. The molecule has 2 heterocycles. The number of hydrogen-bond acceptors (Lipinski definition) is 3. The molecule has 128 valence electrons. The number of benzene rings is 1. The summed E-state index contributed by atoms with van der Waals surface area (Å²) in [5.41, 5.74) is 1.56. The first-order valence-electron chi connectivity index (χ1n) is 7.32. The first-order chi connectivity index (χ1) is 12.0. The van der Waals surface area contributed by atoms with Gasteiger partial charge in [0.25, 0.3) is 5.91 Å². The molecule has 0 aliphatic heterocycles. The molecule has 0 aliphatic rings. The first kappa shape index (κ1) is 16.7. The molecular weight excluding hydrogens is 333 g/mol. The summed E-state index contributed by atoms with van der Waals surface area (Å²) < 4.78 is 41.4. The van der Waals surface area contributed by atoms with Gasteiger partial charge in [-0.25, -0.2) is 13.2 Å². The maximum atomic E-state index is 13.6. The van der Waals surface area contributed by atoms with Gasteiger partial charge in [-0.3, -0.25) is 14.5 Å².